The van der Waals surface area contributed by atoms with Crippen molar-refractivity contribution < 1.29 is 14.3 Å². The summed E-state index contributed by atoms with van der Waals surface area (Å²) >= 11 is 0. The molecule has 0 radical (unpaired) electrons. The van der Waals surface area contributed by atoms with Crippen LogP contribution in [0, 0.1) is 0 Å². The molecule has 3 heterocycles. The molecule has 5 aromatic rings. The van der Waals surface area contributed by atoms with Crippen molar-refractivity contribution in [3.05, 3.63) is 79.4 Å². The van der Waals surface area contributed by atoms with E-state index in [-0.39, 0.29) is 5.60 Å². The Hall–Kier alpha value is -4.66. The van der Waals surface area contributed by atoms with Crippen molar-refractivity contribution >= 4 is 23.3 Å². The van der Waals surface area contributed by atoms with Gasteiger partial charge in [0.25, 0.3) is 6.47 Å². The monoisotopic (exact) mass is 470 g/mol. The molecule has 0 spiro atoms. The van der Waals surface area contributed by atoms with Gasteiger partial charge in [-0.2, -0.15) is 5.10 Å². The minimum atomic E-state index is -0.318. The number of hydrogen-bond acceptors (Lipinski definition) is 7. The zero-order chi connectivity index (χ0) is 24.8. The van der Waals surface area contributed by atoms with E-state index in [1.54, 1.807) is 4.68 Å². The van der Waals surface area contributed by atoms with Gasteiger partial charge in [-0.3, -0.25) is 4.79 Å². The predicted molar refractivity (Wildman–Crippen MR) is 134 cm³/mol. The van der Waals surface area contributed by atoms with Crippen LogP contribution >= 0.6 is 0 Å². The SMILES string of the molecule is CC(C)(C)OC=O.Nc1ncnc2c1c(-c1ccc(Oc3ccccc3)cc1)nn2-c1cc[nH]c1. The van der Waals surface area contributed by atoms with Gasteiger partial charge in [0.1, 0.15) is 34.9 Å². The van der Waals surface area contributed by atoms with E-state index < -0.39 is 0 Å². The number of nitrogens with one attached hydrogen (secondary N) is 1. The first kappa shape index (κ1) is 23.5. The van der Waals surface area contributed by atoms with Crippen LogP contribution in [0.5, 0.6) is 11.5 Å². The molecule has 3 N–H and O–H groups in total. The number of fused-ring (bicyclic) bond motifs is 1. The van der Waals surface area contributed by atoms with Crippen LogP contribution in [0.4, 0.5) is 5.82 Å². The maximum atomic E-state index is 9.60. The highest BCUT2D eigenvalue weighted by Gasteiger charge is 2.18. The lowest BCUT2D eigenvalue weighted by Crippen LogP contribution is -2.17. The number of nitrogens with two attached hydrogens (primary N) is 1. The highest BCUT2D eigenvalue weighted by Crippen LogP contribution is 2.33. The van der Waals surface area contributed by atoms with Crippen LogP contribution < -0.4 is 10.5 Å². The van der Waals surface area contributed by atoms with E-state index in [1.165, 1.54) is 6.33 Å². The van der Waals surface area contributed by atoms with Gasteiger partial charge in [0.15, 0.2) is 5.65 Å². The van der Waals surface area contributed by atoms with Crippen LogP contribution in [-0.4, -0.2) is 36.8 Å². The highest BCUT2D eigenvalue weighted by atomic mass is 16.5. The van der Waals surface area contributed by atoms with Gasteiger partial charge in [-0.25, -0.2) is 14.6 Å². The Bertz CT molecular complexity index is 1390. The quantitative estimate of drug-likeness (QED) is 0.341. The molecule has 0 fully saturated rings. The maximum Gasteiger partial charge on any atom is 0.293 e. The topological polar surface area (TPSA) is 121 Å². The zero-order valence-electron chi connectivity index (χ0n) is 19.7. The van der Waals surface area contributed by atoms with Gasteiger partial charge < -0.3 is 20.2 Å². The molecule has 0 aliphatic heterocycles. The number of para-hydroxylation sites is 1. The largest absolute Gasteiger partial charge is 0.462 e. The van der Waals surface area contributed by atoms with Crippen molar-refractivity contribution in [1.29, 1.82) is 0 Å². The number of nitrogens with zero attached hydrogens (tertiary/aromatic N) is 4. The molecule has 178 valence electrons. The maximum absolute atomic E-state index is 9.60. The summed E-state index contributed by atoms with van der Waals surface area (Å²) in [6.45, 7) is 5.92. The van der Waals surface area contributed by atoms with Gasteiger partial charge in [0.05, 0.1) is 11.1 Å². The Kier molecular flexibility index (Phi) is 6.77. The Labute approximate surface area is 202 Å². The number of aromatic nitrogens is 5. The summed E-state index contributed by atoms with van der Waals surface area (Å²) in [4.78, 5) is 21.2. The molecular formula is C26H26N6O3. The summed E-state index contributed by atoms with van der Waals surface area (Å²) in [5, 5.41) is 5.47. The first-order valence-electron chi connectivity index (χ1n) is 10.9. The van der Waals surface area contributed by atoms with Gasteiger partial charge in [-0.1, -0.05) is 18.2 Å². The zero-order valence-corrected chi connectivity index (χ0v) is 19.7. The van der Waals surface area contributed by atoms with Crippen LogP contribution in [0.1, 0.15) is 20.8 Å². The van der Waals surface area contributed by atoms with Crippen LogP contribution in [0.25, 0.3) is 28.0 Å². The Balaban J connectivity index is 0.000000364. The first-order valence-corrected chi connectivity index (χ1v) is 10.9. The number of aromatic amines is 1. The van der Waals surface area contributed by atoms with Crippen molar-refractivity contribution in [3.8, 4) is 28.4 Å². The van der Waals surface area contributed by atoms with Crippen molar-refractivity contribution in [2.24, 2.45) is 0 Å². The molecule has 9 nitrogen and oxygen atoms in total. The number of carbonyl (C=O) groups is 1. The second kappa shape index (κ2) is 10.1. The highest BCUT2D eigenvalue weighted by molar-refractivity contribution is 5.98. The lowest BCUT2D eigenvalue weighted by Gasteiger charge is -2.14. The van der Waals surface area contributed by atoms with Gasteiger partial charge in [-0.15, -0.1) is 0 Å². The standard InChI is InChI=1S/C21H16N6O.C5H10O2/c22-20-18-19(26-27(15-10-11-23-12-15)21(18)25-13-24-20)14-6-8-17(9-7-14)28-16-4-2-1-3-5-16;1-5(2,3)7-4-6/h1-13,23H,(H2,22,24,25);4H,1-3H3. The summed E-state index contributed by atoms with van der Waals surface area (Å²) in [7, 11) is 0. The van der Waals surface area contributed by atoms with Gasteiger partial charge in [0.2, 0.25) is 0 Å². The number of nitrogen functional groups attached to an aromatic ring is 1. The molecule has 0 amide bonds. The normalized spacial score (nSPS) is 10.9. The second-order valence-electron chi connectivity index (χ2n) is 8.55. The second-order valence-corrected chi connectivity index (χ2v) is 8.55. The van der Waals surface area contributed by atoms with Crippen molar-refractivity contribution in [2.75, 3.05) is 5.73 Å². The summed E-state index contributed by atoms with van der Waals surface area (Å²) in [5.74, 6) is 1.93. The lowest BCUT2D eigenvalue weighted by molar-refractivity contribution is -0.138. The fourth-order valence-corrected chi connectivity index (χ4v) is 3.25. The van der Waals surface area contributed by atoms with Gasteiger partial charge in [-0.05, 0) is 63.2 Å². The molecule has 0 saturated carbocycles. The molecule has 5 rings (SSSR count). The molecule has 0 atom stereocenters. The minimum Gasteiger partial charge on any atom is -0.462 e. The molecular weight excluding hydrogens is 444 g/mol. The van der Waals surface area contributed by atoms with E-state index in [1.807, 2.05) is 93.8 Å². The number of ether oxygens (including phenoxy) is 2. The minimum absolute atomic E-state index is 0.318. The van der Waals surface area contributed by atoms with E-state index in [0.717, 1.165) is 33.8 Å². The third kappa shape index (κ3) is 5.64. The summed E-state index contributed by atoms with van der Waals surface area (Å²) in [5.41, 5.74) is 9.00. The van der Waals surface area contributed by atoms with Crippen LogP contribution in [0.3, 0.4) is 0 Å². The Morgan fingerprint density at radius 2 is 1.69 bits per heavy atom. The molecule has 0 aliphatic carbocycles. The average Bonchev–Trinajstić information content (AvgIpc) is 3.49. The van der Waals surface area contributed by atoms with Crippen molar-refractivity contribution in [1.82, 2.24) is 24.7 Å². The van der Waals surface area contributed by atoms with Crippen LogP contribution in [0.15, 0.2) is 79.4 Å². The fraction of sp³-hybridized carbons (Fsp3) is 0.154. The number of benzene rings is 2. The Morgan fingerprint density at radius 1 is 0.971 bits per heavy atom. The summed E-state index contributed by atoms with van der Waals surface area (Å²) < 4.78 is 12.2. The molecule has 9 heteroatoms. The predicted octanol–water partition coefficient (Wildman–Crippen LogP) is 5.14. The Morgan fingerprint density at radius 3 is 2.29 bits per heavy atom. The number of anilines is 1. The number of H-pyrrole nitrogens is 1. The molecule has 2 aromatic carbocycles. The van der Waals surface area contributed by atoms with Crippen molar-refractivity contribution in [2.45, 2.75) is 26.4 Å². The number of hydrogen-bond donors (Lipinski definition) is 2. The average molecular weight is 471 g/mol. The molecule has 3 aromatic heterocycles. The van der Waals surface area contributed by atoms with Gasteiger partial charge in [0, 0.05) is 18.0 Å². The molecule has 0 unspecified atom stereocenters. The number of rotatable bonds is 5. The third-order valence-electron chi connectivity index (χ3n) is 4.83. The molecule has 0 saturated heterocycles. The van der Waals surface area contributed by atoms with Gasteiger partial charge >= 0.3 is 0 Å². The van der Waals surface area contributed by atoms with Crippen molar-refractivity contribution in [3.63, 3.8) is 0 Å². The van der Waals surface area contributed by atoms with E-state index >= 15 is 0 Å². The molecule has 35 heavy (non-hydrogen) atoms. The molecule has 0 aliphatic rings. The third-order valence-corrected chi connectivity index (χ3v) is 4.83. The van der Waals surface area contributed by atoms with E-state index in [9.17, 15) is 4.79 Å². The summed E-state index contributed by atoms with van der Waals surface area (Å²) in [6, 6.07) is 19.3. The first-order chi connectivity index (χ1) is 16.9. The smallest absolute Gasteiger partial charge is 0.293 e. The molecule has 0 bridgehead atoms. The number of carbonyl (C=O) groups excluding carboxylic acids is 1. The van der Waals surface area contributed by atoms with Crippen LogP contribution in [-0.2, 0) is 9.53 Å². The lowest BCUT2D eigenvalue weighted by atomic mass is 10.1. The van der Waals surface area contributed by atoms with E-state index in [4.69, 9.17) is 15.6 Å². The fourth-order valence-electron chi connectivity index (χ4n) is 3.25. The van der Waals surface area contributed by atoms with Crippen LogP contribution in [0.2, 0.25) is 0 Å². The summed E-state index contributed by atoms with van der Waals surface area (Å²) in [6.07, 6.45) is 5.14. The van der Waals surface area contributed by atoms with E-state index in [0.29, 0.717) is 17.9 Å². The van der Waals surface area contributed by atoms with E-state index in [2.05, 4.69) is 19.7 Å².